The first-order chi connectivity index (χ1) is 21.1. The minimum absolute atomic E-state index is 0.00232. The lowest BCUT2D eigenvalue weighted by Crippen LogP contribution is -2.46. The molecule has 238 valence electrons. The Bertz CT molecular complexity index is 1560. The van der Waals surface area contributed by atoms with Crippen LogP contribution in [-0.2, 0) is 24.2 Å². The summed E-state index contributed by atoms with van der Waals surface area (Å²) >= 11 is 0. The van der Waals surface area contributed by atoms with Gasteiger partial charge in [-0.3, -0.25) is 9.59 Å². The van der Waals surface area contributed by atoms with E-state index in [1.54, 1.807) is 13.1 Å². The molecule has 2 fully saturated rings. The molecule has 1 saturated heterocycles. The summed E-state index contributed by atoms with van der Waals surface area (Å²) in [5.41, 5.74) is 6.52. The molecule has 1 saturated carbocycles. The predicted molar refractivity (Wildman–Crippen MR) is 167 cm³/mol. The summed E-state index contributed by atoms with van der Waals surface area (Å²) in [6, 6.07) is 9.12. The van der Waals surface area contributed by atoms with Crippen LogP contribution in [0.15, 0.2) is 42.7 Å². The number of sulfone groups is 1. The number of nitrogens with one attached hydrogen (secondary N) is 1. The average molecular weight is 627 g/mol. The van der Waals surface area contributed by atoms with Crippen LogP contribution in [0.3, 0.4) is 0 Å². The number of piperidine rings is 1. The first kappa shape index (κ1) is 31.7. The monoisotopic (exact) mass is 626 g/mol. The molecule has 1 amide bonds. The highest BCUT2D eigenvalue weighted by Crippen LogP contribution is 2.30. The predicted octanol–water partition coefficient (Wildman–Crippen LogP) is 3.09. The molecule has 3 aromatic rings. The quantitative estimate of drug-likeness (QED) is 0.239. The third-order valence-corrected chi connectivity index (χ3v) is 9.35. The molecule has 3 heterocycles. The second-order valence-electron chi connectivity index (χ2n) is 11.9. The van der Waals surface area contributed by atoms with Crippen molar-refractivity contribution >= 4 is 38.6 Å². The summed E-state index contributed by atoms with van der Waals surface area (Å²) < 4.78 is 36.1. The van der Waals surface area contributed by atoms with E-state index in [9.17, 15) is 18.0 Å². The lowest BCUT2D eigenvalue weighted by atomic mass is 9.85. The minimum atomic E-state index is -3.02. The molecule has 1 aromatic carbocycles. The van der Waals surface area contributed by atoms with Gasteiger partial charge in [-0.2, -0.15) is 4.98 Å². The highest BCUT2D eigenvalue weighted by atomic mass is 32.2. The SMILES string of the molecule is C[C@H](N)C(=O)OC1CCN(C(=O)[C@H]2CC[C@H](Nc3nccc(-n4ccc5c(OCCCS(C)(=O)=O)cccc54)n3)CC2)CC1. The molecule has 12 nitrogen and oxygen atoms in total. The largest absolute Gasteiger partial charge is 0.493 e. The van der Waals surface area contributed by atoms with Crippen LogP contribution < -0.4 is 15.8 Å². The van der Waals surface area contributed by atoms with Crippen molar-refractivity contribution in [2.75, 3.05) is 37.0 Å². The molecule has 1 aliphatic carbocycles. The number of anilines is 1. The zero-order valence-corrected chi connectivity index (χ0v) is 26.2. The molecule has 13 heteroatoms. The van der Waals surface area contributed by atoms with Crippen LogP contribution in [0.5, 0.6) is 5.75 Å². The topological polar surface area (TPSA) is 159 Å². The van der Waals surface area contributed by atoms with Gasteiger partial charge in [-0.15, -0.1) is 0 Å². The van der Waals surface area contributed by atoms with Crippen LogP contribution in [0.2, 0.25) is 0 Å². The molecule has 3 N–H and O–H groups in total. The van der Waals surface area contributed by atoms with Gasteiger partial charge in [-0.25, -0.2) is 13.4 Å². The molecule has 0 unspecified atom stereocenters. The van der Waals surface area contributed by atoms with Crippen molar-refractivity contribution in [3.63, 3.8) is 0 Å². The lowest BCUT2D eigenvalue weighted by molar-refractivity contribution is -0.153. The number of carbonyl (C=O) groups excluding carboxylic acids is 2. The number of rotatable bonds is 11. The van der Waals surface area contributed by atoms with E-state index >= 15 is 0 Å². The van der Waals surface area contributed by atoms with E-state index in [1.807, 2.05) is 46.0 Å². The van der Waals surface area contributed by atoms with Crippen LogP contribution in [0, 0.1) is 5.92 Å². The van der Waals surface area contributed by atoms with Gasteiger partial charge in [0.25, 0.3) is 0 Å². The number of hydrogen-bond acceptors (Lipinski definition) is 10. The number of carbonyl (C=O) groups is 2. The number of benzene rings is 1. The fraction of sp³-hybridized carbons (Fsp3) is 0.548. The Labute approximate surface area is 258 Å². The summed E-state index contributed by atoms with van der Waals surface area (Å²) in [5.74, 6) is 1.84. The molecule has 0 bridgehead atoms. The normalized spacial score (nSPS) is 20.3. The van der Waals surface area contributed by atoms with Crippen molar-refractivity contribution in [1.82, 2.24) is 19.4 Å². The summed E-state index contributed by atoms with van der Waals surface area (Å²) in [6.07, 6.45) is 9.72. The maximum Gasteiger partial charge on any atom is 0.322 e. The van der Waals surface area contributed by atoms with Crippen molar-refractivity contribution in [3.05, 3.63) is 42.7 Å². The van der Waals surface area contributed by atoms with Crippen molar-refractivity contribution in [2.45, 2.75) is 70.1 Å². The van der Waals surface area contributed by atoms with Gasteiger partial charge >= 0.3 is 5.97 Å². The maximum absolute atomic E-state index is 13.2. The highest BCUT2D eigenvalue weighted by Gasteiger charge is 2.32. The molecule has 5 rings (SSSR count). The van der Waals surface area contributed by atoms with E-state index in [0.717, 1.165) is 36.6 Å². The smallest absolute Gasteiger partial charge is 0.322 e. The summed E-state index contributed by atoms with van der Waals surface area (Å²) in [4.78, 5) is 36.1. The van der Waals surface area contributed by atoms with Crippen LogP contribution in [0.4, 0.5) is 5.95 Å². The van der Waals surface area contributed by atoms with Crippen LogP contribution in [-0.4, -0.2) is 89.6 Å². The number of likely N-dealkylation sites (tertiary alicyclic amines) is 1. The standard InChI is InChI=1S/C31H42N6O6S/c1-21(32)30(39)43-24-12-16-36(17-13-24)29(38)22-7-9-23(10-8-22)34-31-33-15-11-28(35-31)37-18-14-25-26(37)5-3-6-27(25)42-19-4-20-44(2,40)41/h3,5-6,11,14-15,18,21-24H,4,7-10,12-13,16-17,19-20,32H2,1-2H3,(H,33,34,35)/t21-,22-,23-/m0/s1. The van der Waals surface area contributed by atoms with Crippen molar-refractivity contribution in [2.24, 2.45) is 11.7 Å². The Balaban J connectivity index is 1.13. The molecule has 1 aliphatic heterocycles. The molecular formula is C31H42N6O6S. The maximum atomic E-state index is 13.2. The van der Waals surface area contributed by atoms with E-state index in [1.165, 1.54) is 6.26 Å². The number of esters is 1. The Morgan fingerprint density at radius 3 is 2.55 bits per heavy atom. The zero-order valence-electron chi connectivity index (χ0n) is 25.4. The van der Waals surface area contributed by atoms with E-state index in [0.29, 0.717) is 56.5 Å². The van der Waals surface area contributed by atoms with Gasteiger partial charge in [-0.1, -0.05) is 6.07 Å². The fourth-order valence-electron chi connectivity index (χ4n) is 5.91. The third kappa shape index (κ3) is 8.06. The van der Waals surface area contributed by atoms with Crippen LogP contribution in [0.1, 0.15) is 51.9 Å². The van der Waals surface area contributed by atoms with Gasteiger partial charge in [-0.05, 0) is 63.3 Å². The first-order valence-electron chi connectivity index (χ1n) is 15.3. The van der Waals surface area contributed by atoms with Crippen molar-refractivity contribution in [1.29, 1.82) is 0 Å². The summed E-state index contributed by atoms with van der Waals surface area (Å²) in [7, 11) is -3.02. The summed E-state index contributed by atoms with van der Waals surface area (Å²) in [6.45, 7) is 3.12. The number of hydrogen-bond donors (Lipinski definition) is 2. The highest BCUT2D eigenvalue weighted by molar-refractivity contribution is 7.90. The summed E-state index contributed by atoms with van der Waals surface area (Å²) in [5, 5.41) is 4.38. The molecule has 44 heavy (non-hydrogen) atoms. The van der Waals surface area contributed by atoms with Crippen LogP contribution >= 0.6 is 0 Å². The number of fused-ring (bicyclic) bond motifs is 1. The van der Waals surface area contributed by atoms with Crippen molar-refractivity contribution < 1.29 is 27.5 Å². The molecule has 2 aliphatic rings. The second kappa shape index (κ2) is 13.9. The van der Waals surface area contributed by atoms with Gasteiger partial charge in [0.15, 0.2) is 0 Å². The van der Waals surface area contributed by atoms with Gasteiger partial charge in [0.05, 0.1) is 17.9 Å². The zero-order chi connectivity index (χ0) is 31.3. The third-order valence-electron chi connectivity index (χ3n) is 8.32. The average Bonchev–Trinajstić information content (AvgIpc) is 3.44. The van der Waals surface area contributed by atoms with Gasteiger partial charge in [0, 0.05) is 61.9 Å². The number of nitrogens with two attached hydrogens (primary N) is 1. The van der Waals surface area contributed by atoms with E-state index < -0.39 is 21.8 Å². The van der Waals surface area contributed by atoms with E-state index in [-0.39, 0.29) is 29.7 Å². The number of aromatic nitrogens is 3. The number of ether oxygens (including phenoxy) is 2. The number of amides is 1. The molecule has 0 radical (unpaired) electrons. The Hall–Kier alpha value is -3.71. The molecule has 0 spiro atoms. The van der Waals surface area contributed by atoms with Gasteiger partial charge < -0.3 is 30.0 Å². The molecule has 1 atom stereocenters. The van der Waals surface area contributed by atoms with E-state index in [4.69, 9.17) is 20.2 Å². The Morgan fingerprint density at radius 1 is 1.09 bits per heavy atom. The first-order valence-corrected chi connectivity index (χ1v) is 17.4. The minimum Gasteiger partial charge on any atom is -0.493 e. The number of nitrogens with zero attached hydrogens (tertiary/aromatic N) is 4. The fourth-order valence-corrected chi connectivity index (χ4v) is 6.55. The Kier molecular flexibility index (Phi) is 10.0. The second-order valence-corrected chi connectivity index (χ2v) is 14.1. The molecule has 2 aromatic heterocycles. The van der Waals surface area contributed by atoms with Crippen LogP contribution in [0.25, 0.3) is 16.7 Å². The lowest BCUT2D eigenvalue weighted by Gasteiger charge is -2.36. The van der Waals surface area contributed by atoms with Gasteiger partial charge in [0.1, 0.15) is 33.6 Å². The van der Waals surface area contributed by atoms with Gasteiger partial charge in [0.2, 0.25) is 11.9 Å². The molecular weight excluding hydrogens is 584 g/mol. The van der Waals surface area contributed by atoms with E-state index in [2.05, 4.69) is 10.3 Å². The van der Waals surface area contributed by atoms with Crippen molar-refractivity contribution in [3.8, 4) is 11.6 Å². The Morgan fingerprint density at radius 2 is 1.84 bits per heavy atom.